The number of nitriles is 1. The molecule has 1 atom stereocenters. The van der Waals surface area contributed by atoms with Gasteiger partial charge in [-0.25, -0.2) is 4.98 Å². The van der Waals surface area contributed by atoms with Crippen LogP contribution in [0.1, 0.15) is 19.5 Å². The van der Waals surface area contributed by atoms with Crippen LogP contribution in [0.15, 0.2) is 11.4 Å². The predicted molar refractivity (Wildman–Crippen MR) is 48.9 cm³/mol. The van der Waals surface area contributed by atoms with Gasteiger partial charge in [-0.3, -0.25) is 0 Å². The second kappa shape index (κ2) is 4.17. The molecule has 1 rings (SSSR count). The Labute approximate surface area is 76.2 Å². The minimum atomic E-state index is -0.0409. The molecule has 0 aliphatic carbocycles. The van der Waals surface area contributed by atoms with Gasteiger partial charge in [0.15, 0.2) is 5.16 Å². The van der Waals surface area contributed by atoms with Crippen LogP contribution in [0.3, 0.4) is 0 Å². The van der Waals surface area contributed by atoms with Gasteiger partial charge in [-0.1, -0.05) is 18.7 Å². The van der Waals surface area contributed by atoms with Gasteiger partial charge < -0.3 is 4.98 Å². The van der Waals surface area contributed by atoms with Crippen molar-refractivity contribution in [2.24, 2.45) is 0 Å². The topological polar surface area (TPSA) is 52.5 Å². The Kier molecular flexibility index (Phi) is 3.18. The number of nitrogens with one attached hydrogen (secondary N) is 1. The van der Waals surface area contributed by atoms with Gasteiger partial charge in [0, 0.05) is 11.9 Å². The molecule has 1 aromatic rings. The number of H-pyrrole nitrogens is 1. The molecule has 1 heterocycles. The van der Waals surface area contributed by atoms with E-state index < -0.39 is 0 Å². The first-order valence-corrected chi connectivity index (χ1v) is 4.74. The molecule has 0 radical (unpaired) electrons. The average molecular weight is 181 g/mol. The lowest BCUT2D eigenvalue weighted by Crippen LogP contribution is -1.90. The summed E-state index contributed by atoms with van der Waals surface area (Å²) in [5, 5.41) is 9.34. The van der Waals surface area contributed by atoms with Crippen LogP contribution in [0.2, 0.25) is 0 Å². The van der Waals surface area contributed by atoms with Gasteiger partial charge in [0.05, 0.1) is 11.3 Å². The predicted octanol–water partition coefficient (Wildman–Crippen LogP) is 1.98. The molecule has 12 heavy (non-hydrogen) atoms. The molecular formula is C8H11N3S. The SMILES string of the molecule is CCc1cnc(SC(C)C#N)[nH]1. The second-order valence-electron chi connectivity index (χ2n) is 2.46. The van der Waals surface area contributed by atoms with E-state index in [-0.39, 0.29) is 5.25 Å². The van der Waals surface area contributed by atoms with Crippen LogP contribution < -0.4 is 0 Å². The Hall–Kier alpha value is -0.950. The van der Waals surface area contributed by atoms with E-state index in [0.717, 1.165) is 17.3 Å². The Bertz CT molecular complexity index is 287. The molecule has 0 saturated heterocycles. The number of nitrogens with zero attached hydrogens (tertiary/aromatic N) is 2. The molecule has 4 heteroatoms. The third-order valence-corrected chi connectivity index (χ3v) is 2.35. The molecule has 0 aromatic carbocycles. The summed E-state index contributed by atoms with van der Waals surface area (Å²) in [6.07, 6.45) is 2.76. The monoisotopic (exact) mass is 181 g/mol. The van der Waals surface area contributed by atoms with Crippen LogP contribution in [0.5, 0.6) is 0 Å². The summed E-state index contributed by atoms with van der Waals surface area (Å²) in [6.45, 7) is 3.93. The summed E-state index contributed by atoms with van der Waals surface area (Å²) in [5.41, 5.74) is 1.11. The molecule has 0 saturated carbocycles. The zero-order valence-electron chi connectivity index (χ0n) is 7.16. The summed E-state index contributed by atoms with van der Waals surface area (Å²) in [6, 6.07) is 2.14. The van der Waals surface area contributed by atoms with Crippen molar-refractivity contribution in [2.75, 3.05) is 0 Å². The number of imidazole rings is 1. The molecule has 3 nitrogen and oxygen atoms in total. The van der Waals surface area contributed by atoms with E-state index in [1.54, 1.807) is 0 Å². The van der Waals surface area contributed by atoms with Crippen LogP contribution in [0.25, 0.3) is 0 Å². The Balaban J connectivity index is 2.59. The van der Waals surface area contributed by atoms with E-state index in [1.807, 2.05) is 13.1 Å². The van der Waals surface area contributed by atoms with Crippen LogP contribution in [-0.4, -0.2) is 15.2 Å². The van der Waals surface area contributed by atoms with Crippen molar-refractivity contribution in [1.82, 2.24) is 9.97 Å². The number of hydrogen-bond acceptors (Lipinski definition) is 3. The average Bonchev–Trinajstić information content (AvgIpc) is 2.52. The van der Waals surface area contributed by atoms with E-state index in [9.17, 15) is 0 Å². The van der Waals surface area contributed by atoms with Crippen molar-refractivity contribution < 1.29 is 0 Å². The number of aromatic amines is 1. The zero-order valence-corrected chi connectivity index (χ0v) is 7.98. The molecule has 0 aliphatic heterocycles. The normalized spacial score (nSPS) is 12.4. The van der Waals surface area contributed by atoms with Crippen molar-refractivity contribution in [3.8, 4) is 6.07 Å². The van der Waals surface area contributed by atoms with Gasteiger partial charge in [-0.15, -0.1) is 0 Å². The maximum atomic E-state index is 8.55. The van der Waals surface area contributed by atoms with Crippen molar-refractivity contribution >= 4 is 11.8 Å². The van der Waals surface area contributed by atoms with E-state index >= 15 is 0 Å². The number of thioether (sulfide) groups is 1. The zero-order chi connectivity index (χ0) is 8.97. The van der Waals surface area contributed by atoms with Gasteiger partial charge >= 0.3 is 0 Å². The summed E-state index contributed by atoms with van der Waals surface area (Å²) in [7, 11) is 0. The van der Waals surface area contributed by atoms with Gasteiger partial charge in [0.25, 0.3) is 0 Å². The van der Waals surface area contributed by atoms with Crippen molar-refractivity contribution in [3.05, 3.63) is 11.9 Å². The van der Waals surface area contributed by atoms with E-state index in [4.69, 9.17) is 5.26 Å². The van der Waals surface area contributed by atoms with Crippen LogP contribution >= 0.6 is 11.8 Å². The summed E-state index contributed by atoms with van der Waals surface area (Å²) >= 11 is 1.45. The van der Waals surface area contributed by atoms with Gasteiger partial charge in [0.2, 0.25) is 0 Å². The lowest BCUT2D eigenvalue weighted by atomic mass is 10.4. The van der Waals surface area contributed by atoms with E-state index in [1.165, 1.54) is 11.8 Å². The molecule has 0 aliphatic rings. The molecule has 1 N–H and O–H groups in total. The van der Waals surface area contributed by atoms with Crippen molar-refractivity contribution in [2.45, 2.75) is 30.7 Å². The van der Waals surface area contributed by atoms with E-state index in [2.05, 4.69) is 23.0 Å². The minimum absolute atomic E-state index is 0.0409. The fraction of sp³-hybridized carbons (Fsp3) is 0.500. The van der Waals surface area contributed by atoms with Gasteiger partial charge in [0.1, 0.15) is 0 Å². The molecule has 64 valence electrons. The lowest BCUT2D eigenvalue weighted by Gasteiger charge is -1.96. The molecular weight excluding hydrogens is 170 g/mol. The quantitative estimate of drug-likeness (QED) is 0.725. The molecule has 1 aromatic heterocycles. The van der Waals surface area contributed by atoms with Crippen LogP contribution in [0, 0.1) is 11.3 Å². The van der Waals surface area contributed by atoms with Gasteiger partial charge in [-0.05, 0) is 13.3 Å². The standard InChI is InChI=1S/C8H11N3S/c1-3-7-5-10-8(11-7)12-6(2)4-9/h5-6H,3H2,1-2H3,(H,10,11). The number of aromatic nitrogens is 2. The third-order valence-electron chi connectivity index (χ3n) is 1.46. The fourth-order valence-corrected chi connectivity index (χ4v) is 1.46. The first-order chi connectivity index (χ1) is 5.76. The minimum Gasteiger partial charge on any atom is -0.337 e. The first-order valence-electron chi connectivity index (χ1n) is 3.86. The third kappa shape index (κ3) is 2.28. The molecule has 1 unspecified atom stereocenters. The largest absolute Gasteiger partial charge is 0.337 e. The summed E-state index contributed by atoms with van der Waals surface area (Å²) < 4.78 is 0. The highest BCUT2D eigenvalue weighted by Crippen LogP contribution is 2.18. The first kappa shape index (κ1) is 9.14. The Morgan fingerprint density at radius 1 is 1.83 bits per heavy atom. The van der Waals surface area contributed by atoms with Crippen LogP contribution in [-0.2, 0) is 6.42 Å². The Morgan fingerprint density at radius 2 is 2.58 bits per heavy atom. The number of aryl methyl sites for hydroxylation is 1. The maximum absolute atomic E-state index is 8.55. The lowest BCUT2D eigenvalue weighted by molar-refractivity contribution is 0.990. The van der Waals surface area contributed by atoms with Crippen LogP contribution in [0.4, 0.5) is 0 Å². The second-order valence-corrected chi connectivity index (χ2v) is 3.79. The smallest absolute Gasteiger partial charge is 0.166 e. The molecule has 0 fully saturated rings. The number of hydrogen-bond donors (Lipinski definition) is 1. The van der Waals surface area contributed by atoms with Gasteiger partial charge in [-0.2, -0.15) is 5.26 Å². The highest BCUT2D eigenvalue weighted by molar-refractivity contribution is 8.00. The highest BCUT2D eigenvalue weighted by Gasteiger charge is 2.05. The highest BCUT2D eigenvalue weighted by atomic mass is 32.2. The summed E-state index contributed by atoms with van der Waals surface area (Å²) in [5.74, 6) is 0. The molecule has 0 bridgehead atoms. The number of rotatable bonds is 3. The van der Waals surface area contributed by atoms with Crippen molar-refractivity contribution in [3.63, 3.8) is 0 Å². The molecule has 0 spiro atoms. The summed E-state index contributed by atoms with van der Waals surface area (Å²) in [4.78, 5) is 7.26. The van der Waals surface area contributed by atoms with Crippen molar-refractivity contribution in [1.29, 1.82) is 5.26 Å². The fourth-order valence-electron chi connectivity index (χ4n) is 0.772. The van der Waals surface area contributed by atoms with E-state index in [0.29, 0.717) is 0 Å². The maximum Gasteiger partial charge on any atom is 0.166 e. The molecule has 0 amide bonds. The Morgan fingerprint density at radius 3 is 3.08 bits per heavy atom.